The molecule has 1 aromatic heterocycles. The Bertz CT molecular complexity index is 633. The number of ether oxygens (including phenoxy) is 1. The average molecular weight is 330 g/mol. The number of hydrogen-bond donors (Lipinski definition) is 0. The van der Waals surface area contributed by atoms with Gasteiger partial charge >= 0.3 is 0 Å². The first-order valence-corrected chi connectivity index (χ1v) is 8.64. The van der Waals surface area contributed by atoms with Gasteiger partial charge in [-0.25, -0.2) is 0 Å². The molecule has 3 rings (SSSR count). The highest BCUT2D eigenvalue weighted by atomic mass is 16.5. The zero-order valence-electron chi connectivity index (χ0n) is 14.7. The van der Waals surface area contributed by atoms with E-state index in [4.69, 9.17) is 9.26 Å². The fourth-order valence-corrected chi connectivity index (χ4v) is 3.06. The second kappa shape index (κ2) is 7.77. The van der Waals surface area contributed by atoms with Gasteiger partial charge in [-0.3, -0.25) is 9.80 Å². The van der Waals surface area contributed by atoms with Crippen LogP contribution in [0, 0.1) is 6.92 Å². The molecule has 1 fully saturated rings. The zero-order valence-corrected chi connectivity index (χ0v) is 14.7. The van der Waals surface area contributed by atoms with E-state index in [1.54, 1.807) is 0 Å². The molecule has 1 aliphatic heterocycles. The van der Waals surface area contributed by atoms with Crippen LogP contribution in [-0.2, 0) is 6.54 Å². The predicted molar refractivity (Wildman–Crippen MR) is 91.9 cm³/mol. The SMILES string of the molecule is CCOc1ccc(CN2CCN([C@@H](C)c3nc(C)no3)CC2)cc1. The third-order valence-corrected chi connectivity index (χ3v) is 4.50. The topological polar surface area (TPSA) is 54.6 Å². The summed E-state index contributed by atoms with van der Waals surface area (Å²) in [6.07, 6.45) is 0. The van der Waals surface area contributed by atoms with Gasteiger partial charge < -0.3 is 9.26 Å². The van der Waals surface area contributed by atoms with Crippen LogP contribution in [0.15, 0.2) is 28.8 Å². The quantitative estimate of drug-likeness (QED) is 0.812. The van der Waals surface area contributed by atoms with Crippen LogP contribution in [0.2, 0.25) is 0 Å². The number of rotatable bonds is 6. The van der Waals surface area contributed by atoms with Crippen molar-refractivity contribution in [1.82, 2.24) is 19.9 Å². The summed E-state index contributed by atoms with van der Waals surface area (Å²) in [6, 6.07) is 8.59. The number of piperazine rings is 1. The fraction of sp³-hybridized carbons (Fsp3) is 0.556. The Kier molecular flexibility index (Phi) is 5.48. The second-order valence-corrected chi connectivity index (χ2v) is 6.24. The minimum atomic E-state index is 0.179. The summed E-state index contributed by atoms with van der Waals surface area (Å²) in [6.45, 7) is 11.8. The molecular formula is C18H26N4O2. The number of hydrogen-bond acceptors (Lipinski definition) is 6. The molecule has 0 saturated carbocycles. The number of nitrogens with zero attached hydrogens (tertiary/aromatic N) is 4. The van der Waals surface area contributed by atoms with Crippen molar-refractivity contribution in [1.29, 1.82) is 0 Å². The molecule has 1 saturated heterocycles. The largest absolute Gasteiger partial charge is 0.494 e. The van der Waals surface area contributed by atoms with Crippen molar-refractivity contribution in [2.24, 2.45) is 0 Å². The van der Waals surface area contributed by atoms with E-state index in [9.17, 15) is 0 Å². The first-order valence-electron chi connectivity index (χ1n) is 8.64. The molecule has 0 amide bonds. The molecule has 0 radical (unpaired) electrons. The van der Waals surface area contributed by atoms with Crippen LogP contribution in [0.3, 0.4) is 0 Å². The third kappa shape index (κ3) is 4.13. The van der Waals surface area contributed by atoms with Crippen molar-refractivity contribution in [2.45, 2.75) is 33.4 Å². The Morgan fingerprint density at radius 1 is 1.17 bits per heavy atom. The zero-order chi connectivity index (χ0) is 16.9. The first kappa shape index (κ1) is 16.9. The maximum absolute atomic E-state index is 5.49. The lowest BCUT2D eigenvalue weighted by molar-refractivity contribution is 0.0845. The van der Waals surface area contributed by atoms with Gasteiger partial charge in [0, 0.05) is 32.7 Å². The summed E-state index contributed by atoms with van der Waals surface area (Å²) in [5, 5.41) is 3.89. The van der Waals surface area contributed by atoms with Crippen molar-refractivity contribution in [3.8, 4) is 5.75 Å². The lowest BCUT2D eigenvalue weighted by Crippen LogP contribution is -2.46. The van der Waals surface area contributed by atoms with Gasteiger partial charge in [-0.1, -0.05) is 17.3 Å². The Labute approximate surface area is 143 Å². The van der Waals surface area contributed by atoms with E-state index >= 15 is 0 Å². The van der Waals surface area contributed by atoms with Gasteiger partial charge in [0.1, 0.15) is 5.75 Å². The van der Waals surface area contributed by atoms with Gasteiger partial charge in [-0.05, 0) is 38.5 Å². The molecule has 6 heteroatoms. The van der Waals surface area contributed by atoms with Crippen molar-refractivity contribution >= 4 is 0 Å². The maximum Gasteiger partial charge on any atom is 0.243 e. The second-order valence-electron chi connectivity index (χ2n) is 6.24. The lowest BCUT2D eigenvalue weighted by atomic mass is 10.1. The van der Waals surface area contributed by atoms with Crippen LogP contribution in [-0.4, -0.2) is 52.7 Å². The van der Waals surface area contributed by atoms with Crippen molar-refractivity contribution < 1.29 is 9.26 Å². The van der Waals surface area contributed by atoms with Crippen LogP contribution in [0.5, 0.6) is 5.75 Å². The van der Waals surface area contributed by atoms with Gasteiger partial charge in [0.15, 0.2) is 5.82 Å². The summed E-state index contributed by atoms with van der Waals surface area (Å²) in [4.78, 5) is 9.24. The highest BCUT2D eigenvalue weighted by Gasteiger charge is 2.25. The van der Waals surface area contributed by atoms with E-state index in [1.165, 1.54) is 5.56 Å². The predicted octanol–water partition coefficient (Wildman–Crippen LogP) is 2.66. The minimum Gasteiger partial charge on any atom is -0.494 e. The summed E-state index contributed by atoms with van der Waals surface area (Å²) in [5.41, 5.74) is 1.33. The van der Waals surface area contributed by atoms with E-state index in [1.807, 2.05) is 13.8 Å². The van der Waals surface area contributed by atoms with Gasteiger partial charge in [0.25, 0.3) is 0 Å². The molecule has 1 atom stereocenters. The van der Waals surface area contributed by atoms with Crippen LogP contribution in [0.25, 0.3) is 0 Å². The molecule has 130 valence electrons. The summed E-state index contributed by atoms with van der Waals surface area (Å²) in [7, 11) is 0. The number of benzene rings is 1. The monoisotopic (exact) mass is 330 g/mol. The fourth-order valence-electron chi connectivity index (χ4n) is 3.06. The van der Waals surface area contributed by atoms with E-state index in [0.717, 1.165) is 38.5 Å². The van der Waals surface area contributed by atoms with Crippen LogP contribution >= 0.6 is 0 Å². The Hall–Kier alpha value is -1.92. The summed E-state index contributed by atoms with van der Waals surface area (Å²) >= 11 is 0. The average Bonchev–Trinajstić information content (AvgIpc) is 3.03. The van der Waals surface area contributed by atoms with Gasteiger partial charge in [-0.15, -0.1) is 0 Å². The first-order chi connectivity index (χ1) is 11.7. The molecule has 0 aliphatic carbocycles. The maximum atomic E-state index is 5.49. The van der Waals surface area contributed by atoms with E-state index in [0.29, 0.717) is 18.3 Å². The van der Waals surface area contributed by atoms with Gasteiger partial charge in [0.05, 0.1) is 12.6 Å². The number of aromatic nitrogens is 2. The van der Waals surface area contributed by atoms with E-state index in [2.05, 4.69) is 51.1 Å². The van der Waals surface area contributed by atoms with Crippen molar-refractivity contribution in [3.63, 3.8) is 0 Å². The molecule has 24 heavy (non-hydrogen) atoms. The van der Waals surface area contributed by atoms with Crippen LogP contribution < -0.4 is 4.74 Å². The summed E-state index contributed by atoms with van der Waals surface area (Å²) in [5.74, 6) is 2.35. The van der Waals surface area contributed by atoms with Gasteiger partial charge in [-0.2, -0.15) is 4.98 Å². The van der Waals surface area contributed by atoms with E-state index < -0.39 is 0 Å². The highest BCUT2D eigenvalue weighted by molar-refractivity contribution is 5.27. The van der Waals surface area contributed by atoms with Gasteiger partial charge in [0.2, 0.25) is 5.89 Å². The van der Waals surface area contributed by atoms with E-state index in [-0.39, 0.29) is 6.04 Å². The minimum absolute atomic E-state index is 0.179. The lowest BCUT2D eigenvalue weighted by Gasteiger charge is -2.36. The molecular weight excluding hydrogens is 304 g/mol. The smallest absolute Gasteiger partial charge is 0.243 e. The molecule has 0 bridgehead atoms. The standard InChI is InChI=1S/C18H26N4O2/c1-4-23-17-7-5-16(6-8-17)13-21-9-11-22(12-10-21)14(2)18-19-15(3)20-24-18/h5-8,14H,4,9-13H2,1-3H3/t14-/m0/s1. The molecule has 6 nitrogen and oxygen atoms in total. The molecule has 0 spiro atoms. The Balaban J connectivity index is 1.49. The molecule has 1 aromatic carbocycles. The Morgan fingerprint density at radius 3 is 2.46 bits per heavy atom. The van der Waals surface area contributed by atoms with Crippen LogP contribution in [0.1, 0.15) is 37.2 Å². The highest BCUT2D eigenvalue weighted by Crippen LogP contribution is 2.21. The van der Waals surface area contributed by atoms with Crippen LogP contribution in [0.4, 0.5) is 0 Å². The molecule has 2 heterocycles. The molecule has 2 aromatic rings. The number of aryl methyl sites for hydroxylation is 1. The molecule has 0 unspecified atom stereocenters. The van der Waals surface area contributed by atoms with Crippen molar-refractivity contribution in [3.05, 3.63) is 41.5 Å². The molecule has 0 N–H and O–H groups in total. The molecule has 1 aliphatic rings. The third-order valence-electron chi connectivity index (χ3n) is 4.50. The Morgan fingerprint density at radius 2 is 1.88 bits per heavy atom. The van der Waals surface area contributed by atoms with Crippen molar-refractivity contribution in [2.75, 3.05) is 32.8 Å². The normalized spacial score (nSPS) is 17.8. The summed E-state index contributed by atoms with van der Waals surface area (Å²) < 4.78 is 10.8.